The van der Waals surface area contributed by atoms with E-state index in [-0.39, 0.29) is 18.0 Å². The minimum absolute atomic E-state index is 0.112. The van der Waals surface area contributed by atoms with Gasteiger partial charge in [-0.05, 0) is 31.0 Å². The van der Waals surface area contributed by atoms with Crippen LogP contribution in [0.5, 0.6) is 11.5 Å². The van der Waals surface area contributed by atoms with Gasteiger partial charge in [0.1, 0.15) is 11.2 Å². The van der Waals surface area contributed by atoms with Crippen molar-refractivity contribution in [2.75, 3.05) is 14.2 Å². The average molecular weight is 272 g/mol. The number of carbonyl (C=O) groups is 2. The van der Waals surface area contributed by atoms with Crippen LogP contribution in [-0.2, 0) is 11.2 Å². The molecule has 104 valence electrons. The lowest BCUT2D eigenvalue weighted by Gasteiger charge is -2.20. The van der Waals surface area contributed by atoms with Crippen molar-refractivity contribution >= 4 is 11.6 Å². The third kappa shape index (κ3) is 1.87. The van der Waals surface area contributed by atoms with Crippen molar-refractivity contribution in [1.82, 2.24) is 0 Å². The third-order valence-corrected chi connectivity index (χ3v) is 3.86. The van der Waals surface area contributed by atoms with Gasteiger partial charge in [0.05, 0.1) is 14.2 Å². The van der Waals surface area contributed by atoms with Crippen LogP contribution in [0, 0.1) is 17.8 Å². The zero-order chi connectivity index (χ0) is 14.9. The summed E-state index contributed by atoms with van der Waals surface area (Å²) in [6, 6.07) is 3.37. The highest BCUT2D eigenvalue weighted by molar-refractivity contribution is 6.17. The second kappa shape index (κ2) is 5.01. The summed E-state index contributed by atoms with van der Waals surface area (Å²) in [4.78, 5) is 24.6. The molecule has 1 aromatic carbocycles. The number of methoxy groups -OCH3 is 2. The van der Waals surface area contributed by atoms with E-state index in [2.05, 4.69) is 5.92 Å². The molecule has 0 bridgehead atoms. The van der Waals surface area contributed by atoms with E-state index in [1.165, 1.54) is 21.1 Å². The summed E-state index contributed by atoms with van der Waals surface area (Å²) in [7, 11) is 3.03. The van der Waals surface area contributed by atoms with E-state index < -0.39 is 5.41 Å². The highest BCUT2D eigenvalue weighted by Crippen LogP contribution is 2.44. The highest BCUT2D eigenvalue weighted by atomic mass is 16.5. The van der Waals surface area contributed by atoms with E-state index >= 15 is 0 Å². The van der Waals surface area contributed by atoms with Gasteiger partial charge in [0.25, 0.3) is 0 Å². The quantitative estimate of drug-likeness (QED) is 0.621. The van der Waals surface area contributed by atoms with Gasteiger partial charge in [0.2, 0.25) is 0 Å². The Labute approximate surface area is 118 Å². The maximum atomic E-state index is 12.6. The molecule has 20 heavy (non-hydrogen) atoms. The first-order valence-corrected chi connectivity index (χ1v) is 6.24. The first kappa shape index (κ1) is 14.1. The molecule has 0 spiro atoms. The van der Waals surface area contributed by atoms with Crippen molar-refractivity contribution in [2.45, 2.75) is 19.8 Å². The maximum Gasteiger partial charge on any atom is 0.178 e. The zero-order valence-electron chi connectivity index (χ0n) is 11.8. The Bertz CT molecular complexity index is 624. The number of benzene rings is 1. The summed E-state index contributed by atoms with van der Waals surface area (Å²) >= 11 is 0. The topological polar surface area (TPSA) is 52.6 Å². The van der Waals surface area contributed by atoms with Gasteiger partial charge in [0.15, 0.2) is 17.3 Å². The maximum absolute atomic E-state index is 12.6. The Morgan fingerprint density at radius 1 is 1.35 bits per heavy atom. The number of ketones is 2. The third-order valence-electron chi connectivity index (χ3n) is 3.86. The number of Topliss-reactive ketones (excluding diaryl/α,β-unsaturated/α-hetero) is 2. The molecule has 1 atom stereocenters. The molecule has 0 amide bonds. The van der Waals surface area contributed by atoms with Crippen molar-refractivity contribution < 1.29 is 19.1 Å². The Kier molecular flexibility index (Phi) is 3.54. The van der Waals surface area contributed by atoms with Gasteiger partial charge >= 0.3 is 0 Å². The monoisotopic (exact) mass is 272 g/mol. The van der Waals surface area contributed by atoms with Crippen LogP contribution in [0.2, 0.25) is 0 Å². The molecule has 0 radical (unpaired) electrons. The van der Waals surface area contributed by atoms with Gasteiger partial charge < -0.3 is 9.47 Å². The van der Waals surface area contributed by atoms with Crippen LogP contribution in [0.3, 0.4) is 0 Å². The number of terminal acetylenes is 1. The summed E-state index contributed by atoms with van der Waals surface area (Å²) in [6.45, 7) is 1.41. The van der Waals surface area contributed by atoms with Crippen molar-refractivity contribution in [3.05, 3.63) is 23.3 Å². The number of ether oxygens (including phenoxy) is 2. The average Bonchev–Trinajstić information content (AvgIpc) is 2.71. The zero-order valence-corrected chi connectivity index (χ0v) is 11.8. The number of hydrogen-bond acceptors (Lipinski definition) is 4. The molecule has 0 fully saturated rings. The van der Waals surface area contributed by atoms with Crippen LogP contribution in [0.4, 0.5) is 0 Å². The predicted octanol–water partition coefficient (Wildman–Crippen LogP) is 2.04. The van der Waals surface area contributed by atoms with Crippen molar-refractivity contribution in [3.8, 4) is 23.8 Å². The number of carbonyl (C=O) groups excluding carboxylic acids is 2. The smallest absolute Gasteiger partial charge is 0.178 e. The van der Waals surface area contributed by atoms with Crippen LogP contribution in [0.25, 0.3) is 0 Å². The van der Waals surface area contributed by atoms with E-state index in [4.69, 9.17) is 15.9 Å². The molecule has 1 aromatic rings. The SMILES string of the molecule is C#CCC1(C(C)=O)Cc2cc(OC)c(OC)cc2C1=O. The van der Waals surface area contributed by atoms with E-state index in [0.29, 0.717) is 23.5 Å². The van der Waals surface area contributed by atoms with Crippen LogP contribution >= 0.6 is 0 Å². The molecule has 1 aliphatic carbocycles. The molecule has 0 aromatic heterocycles. The number of hydrogen-bond donors (Lipinski definition) is 0. The second-order valence-corrected chi connectivity index (χ2v) is 4.89. The van der Waals surface area contributed by atoms with Crippen LogP contribution in [0.1, 0.15) is 29.3 Å². The number of rotatable bonds is 4. The Morgan fingerprint density at radius 2 is 1.95 bits per heavy atom. The molecule has 1 unspecified atom stereocenters. The summed E-state index contributed by atoms with van der Waals surface area (Å²) in [6.07, 6.45) is 5.77. The van der Waals surface area contributed by atoms with Crippen LogP contribution in [0.15, 0.2) is 12.1 Å². The Hall–Kier alpha value is -2.28. The molecule has 0 N–H and O–H groups in total. The summed E-state index contributed by atoms with van der Waals surface area (Å²) in [5.74, 6) is 3.04. The molecule has 1 aliphatic rings. The molecule has 0 aliphatic heterocycles. The van der Waals surface area contributed by atoms with E-state index in [9.17, 15) is 9.59 Å². The fraction of sp³-hybridized carbons (Fsp3) is 0.375. The van der Waals surface area contributed by atoms with Gasteiger partial charge in [-0.1, -0.05) is 0 Å². The minimum Gasteiger partial charge on any atom is -0.493 e. The largest absolute Gasteiger partial charge is 0.493 e. The summed E-state index contributed by atoms with van der Waals surface area (Å²) in [5, 5.41) is 0. The lowest BCUT2D eigenvalue weighted by Crippen LogP contribution is -2.35. The molecular formula is C16H16O4. The first-order chi connectivity index (χ1) is 9.50. The summed E-state index contributed by atoms with van der Waals surface area (Å²) < 4.78 is 10.4. The minimum atomic E-state index is -1.13. The molecule has 0 saturated heterocycles. The van der Waals surface area contributed by atoms with Gasteiger partial charge in [-0.25, -0.2) is 0 Å². The Balaban J connectivity index is 2.58. The van der Waals surface area contributed by atoms with E-state index in [1.807, 2.05) is 0 Å². The standard InChI is InChI=1S/C16H16O4/c1-5-6-16(10(2)17)9-11-7-13(19-3)14(20-4)8-12(11)15(16)18/h1,7-8H,6,9H2,2-4H3. The van der Waals surface area contributed by atoms with Crippen molar-refractivity contribution in [3.63, 3.8) is 0 Å². The summed E-state index contributed by atoms with van der Waals surface area (Å²) in [5.41, 5.74) is 0.139. The lowest BCUT2D eigenvalue weighted by molar-refractivity contribution is -0.123. The Morgan fingerprint density at radius 3 is 2.45 bits per heavy atom. The molecule has 4 heteroatoms. The lowest BCUT2D eigenvalue weighted by atomic mass is 9.77. The number of fused-ring (bicyclic) bond motifs is 1. The van der Waals surface area contributed by atoms with Gasteiger partial charge in [-0.2, -0.15) is 0 Å². The molecule has 2 rings (SSSR count). The molecular weight excluding hydrogens is 256 g/mol. The van der Waals surface area contributed by atoms with E-state index in [1.54, 1.807) is 12.1 Å². The van der Waals surface area contributed by atoms with Gasteiger partial charge in [0, 0.05) is 12.0 Å². The highest BCUT2D eigenvalue weighted by Gasteiger charge is 2.49. The molecule has 0 saturated carbocycles. The van der Waals surface area contributed by atoms with E-state index in [0.717, 1.165) is 5.56 Å². The first-order valence-electron chi connectivity index (χ1n) is 6.24. The van der Waals surface area contributed by atoms with Crippen LogP contribution < -0.4 is 9.47 Å². The fourth-order valence-corrected chi connectivity index (χ4v) is 2.67. The molecule has 4 nitrogen and oxygen atoms in total. The van der Waals surface area contributed by atoms with Crippen molar-refractivity contribution in [2.24, 2.45) is 5.41 Å². The van der Waals surface area contributed by atoms with Crippen LogP contribution in [-0.4, -0.2) is 25.8 Å². The van der Waals surface area contributed by atoms with Gasteiger partial charge in [-0.3, -0.25) is 9.59 Å². The van der Waals surface area contributed by atoms with Crippen molar-refractivity contribution in [1.29, 1.82) is 0 Å². The normalized spacial score (nSPS) is 20.2. The fourth-order valence-electron chi connectivity index (χ4n) is 2.67. The predicted molar refractivity (Wildman–Crippen MR) is 74.1 cm³/mol. The molecule has 0 heterocycles. The van der Waals surface area contributed by atoms with Gasteiger partial charge in [-0.15, -0.1) is 12.3 Å². The second-order valence-electron chi connectivity index (χ2n) is 4.89.